The van der Waals surface area contributed by atoms with Crippen molar-refractivity contribution in [1.82, 2.24) is 5.32 Å². The first kappa shape index (κ1) is 23.1. The lowest BCUT2D eigenvalue weighted by Crippen LogP contribution is -2.32. The Kier molecular flexibility index (Phi) is 7.55. The summed E-state index contributed by atoms with van der Waals surface area (Å²) >= 11 is 1.30. The monoisotopic (exact) mass is 439 g/mol. The van der Waals surface area contributed by atoms with E-state index in [1.807, 2.05) is 18.2 Å². The van der Waals surface area contributed by atoms with E-state index in [-0.39, 0.29) is 30.1 Å². The van der Waals surface area contributed by atoms with Crippen molar-refractivity contribution >= 4 is 29.4 Å². The molecule has 1 amide bonds. The number of benzene rings is 2. The normalized spacial score (nSPS) is 15.6. The van der Waals surface area contributed by atoms with Gasteiger partial charge in [0.25, 0.3) is 0 Å². The van der Waals surface area contributed by atoms with E-state index in [4.69, 9.17) is 4.74 Å². The smallest absolute Gasteiger partial charge is 0.339 e. The third kappa shape index (κ3) is 6.20. The zero-order valence-corrected chi connectivity index (χ0v) is 19.1. The molecule has 1 unspecified atom stereocenters. The van der Waals surface area contributed by atoms with Crippen LogP contribution in [0.5, 0.6) is 0 Å². The average molecular weight is 440 g/mol. The lowest BCUT2D eigenvalue weighted by atomic mass is 9.88. The molecule has 2 aromatic rings. The fourth-order valence-corrected chi connectivity index (χ4v) is 4.32. The van der Waals surface area contributed by atoms with Crippen molar-refractivity contribution in [3.8, 4) is 0 Å². The van der Waals surface area contributed by atoms with E-state index in [0.29, 0.717) is 10.5 Å². The van der Waals surface area contributed by atoms with Gasteiger partial charge < -0.3 is 10.1 Å². The highest BCUT2D eigenvalue weighted by Crippen LogP contribution is 2.30. The number of rotatable bonds is 7. The summed E-state index contributed by atoms with van der Waals surface area (Å²) in [6.45, 7) is 5.10. The maximum Gasteiger partial charge on any atom is 0.339 e. The van der Waals surface area contributed by atoms with Crippen molar-refractivity contribution in [2.75, 3.05) is 12.4 Å². The van der Waals surface area contributed by atoms with Crippen LogP contribution >= 0.6 is 11.8 Å². The first-order valence-corrected chi connectivity index (χ1v) is 11.5. The molecule has 0 aliphatic heterocycles. The van der Waals surface area contributed by atoms with E-state index < -0.39 is 11.4 Å². The number of thioether (sulfide) groups is 1. The fourth-order valence-electron chi connectivity index (χ4n) is 3.47. The Bertz CT molecular complexity index is 964. The van der Waals surface area contributed by atoms with Crippen LogP contribution in [0, 0.1) is 5.41 Å². The number of hydrogen-bond acceptors (Lipinski definition) is 5. The molecular weight excluding hydrogens is 410 g/mol. The Morgan fingerprint density at radius 2 is 1.77 bits per heavy atom. The molecule has 5 nitrogen and oxygen atoms in total. The number of aryl methyl sites for hydroxylation is 1. The fraction of sp³-hybridized carbons (Fsp3) is 0.400. The summed E-state index contributed by atoms with van der Waals surface area (Å²) < 4.78 is 5.22. The summed E-state index contributed by atoms with van der Waals surface area (Å²) in [7, 11) is 0. The molecule has 1 aliphatic rings. The predicted octanol–water partition coefficient (Wildman–Crippen LogP) is 4.74. The summed E-state index contributed by atoms with van der Waals surface area (Å²) in [6.07, 6.45) is 3.03. The van der Waals surface area contributed by atoms with Crippen molar-refractivity contribution in [2.24, 2.45) is 5.41 Å². The maximum absolute atomic E-state index is 12.6. The van der Waals surface area contributed by atoms with Crippen LogP contribution in [0.4, 0.5) is 0 Å². The van der Waals surface area contributed by atoms with Gasteiger partial charge in [0.2, 0.25) is 5.91 Å². The number of Topliss-reactive ketones (excluding diaryl/α,β-unsaturated/α-hetero) is 1. The van der Waals surface area contributed by atoms with Crippen LogP contribution in [-0.2, 0) is 20.7 Å². The standard InChI is InChI=1S/C25H29NO4S/c1-25(2,3)22(27)15-30-24(29)19-12-6-7-14-21(19)31-16-23(28)26-20-13-8-10-17-9-4-5-11-18(17)20/h4-7,9,11-12,14,20H,8,10,13,15-16H2,1-3H3,(H,26,28). The molecule has 1 atom stereocenters. The van der Waals surface area contributed by atoms with Gasteiger partial charge >= 0.3 is 5.97 Å². The van der Waals surface area contributed by atoms with E-state index in [1.165, 1.54) is 22.9 Å². The molecule has 0 fully saturated rings. The minimum Gasteiger partial charge on any atom is -0.454 e. The van der Waals surface area contributed by atoms with Gasteiger partial charge in [-0.3, -0.25) is 9.59 Å². The number of esters is 1. The van der Waals surface area contributed by atoms with Crippen molar-refractivity contribution in [1.29, 1.82) is 0 Å². The molecule has 2 aromatic carbocycles. The second kappa shape index (κ2) is 10.1. The van der Waals surface area contributed by atoms with Crippen LogP contribution in [0.1, 0.15) is 61.1 Å². The predicted molar refractivity (Wildman–Crippen MR) is 122 cm³/mol. The van der Waals surface area contributed by atoms with Crippen LogP contribution in [0.25, 0.3) is 0 Å². The van der Waals surface area contributed by atoms with E-state index in [2.05, 4.69) is 17.4 Å². The number of carbonyl (C=O) groups is 3. The summed E-state index contributed by atoms with van der Waals surface area (Å²) in [5, 5.41) is 3.13. The average Bonchev–Trinajstić information content (AvgIpc) is 2.75. The Balaban J connectivity index is 1.58. The Morgan fingerprint density at radius 3 is 2.55 bits per heavy atom. The van der Waals surface area contributed by atoms with Gasteiger partial charge in [0.05, 0.1) is 17.4 Å². The highest BCUT2D eigenvalue weighted by atomic mass is 32.2. The summed E-state index contributed by atoms with van der Waals surface area (Å²) in [5.41, 5.74) is 2.29. The van der Waals surface area contributed by atoms with E-state index >= 15 is 0 Å². The zero-order chi connectivity index (χ0) is 22.4. The van der Waals surface area contributed by atoms with Crippen molar-refractivity contribution in [2.45, 2.75) is 51.0 Å². The second-order valence-corrected chi connectivity index (χ2v) is 9.76. The zero-order valence-electron chi connectivity index (χ0n) is 18.3. The lowest BCUT2D eigenvalue weighted by molar-refractivity contribution is -0.129. The molecule has 3 rings (SSSR count). The number of carbonyl (C=O) groups excluding carboxylic acids is 3. The van der Waals surface area contributed by atoms with Gasteiger partial charge in [0.1, 0.15) is 0 Å². The third-order valence-electron chi connectivity index (χ3n) is 5.34. The first-order valence-electron chi connectivity index (χ1n) is 10.5. The van der Waals surface area contributed by atoms with Gasteiger partial charge in [-0.15, -0.1) is 11.8 Å². The molecule has 0 heterocycles. The molecule has 0 aromatic heterocycles. The molecule has 0 spiro atoms. The van der Waals surface area contributed by atoms with Crippen LogP contribution in [0.3, 0.4) is 0 Å². The molecule has 0 saturated heterocycles. The largest absolute Gasteiger partial charge is 0.454 e. The highest BCUT2D eigenvalue weighted by Gasteiger charge is 2.24. The molecule has 1 N–H and O–H groups in total. The quantitative estimate of drug-likeness (QED) is 0.498. The van der Waals surface area contributed by atoms with Gasteiger partial charge in [0, 0.05) is 10.3 Å². The van der Waals surface area contributed by atoms with Crippen molar-refractivity contribution in [3.05, 3.63) is 65.2 Å². The second-order valence-electron chi connectivity index (χ2n) is 8.75. The lowest BCUT2D eigenvalue weighted by Gasteiger charge is -2.26. The van der Waals surface area contributed by atoms with Gasteiger partial charge in [-0.05, 0) is 42.5 Å². The van der Waals surface area contributed by atoms with E-state index in [0.717, 1.165) is 19.3 Å². The third-order valence-corrected chi connectivity index (χ3v) is 6.41. The van der Waals surface area contributed by atoms with Gasteiger partial charge in [-0.25, -0.2) is 4.79 Å². The van der Waals surface area contributed by atoms with Crippen LogP contribution in [-0.4, -0.2) is 30.0 Å². The number of amides is 1. The number of nitrogens with one attached hydrogen (secondary N) is 1. The first-order chi connectivity index (χ1) is 14.8. The summed E-state index contributed by atoms with van der Waals surface area (Å²) in [4.78, 5) is 37.8. The van der Waals surface area contributed by atoms with E-state index in [1.54, 1.807) is 39.0 Å². The highest BCUT2D eigenvalue weighted by molar-refractivity contribution is 8.00. The number of ketones is 1. The van der Waals surface area contributed by atoms with Gasteiger partial charge in [-0.2, -0.15) is 0 Å². The van der Waals surface area contributed by atoms with Gasteiger partial charge in [-0.1, -0.05) is 57.2 Å². The Hall–Kier alpha value is -2.60. The molecule has 31 heavy (non-hydrogen) atoms. The Morgan fingerprint density at radius 1 is 1.06 bits per heavy atom. The van der Waals surface area contributed by atoms with Crippen LogP contribution in [0.2, 0.25) is 0 Å². The van der Waals surface area contributed by atoms with Crippen molar-refractivity contribution < 1.29 is 19.1 Å². The maximum atomic E-state index is 12.6. The summed E-state index contributed by atoms with van der Waals surface area (Å²) in [5.74, 6) is -0.567. The molecular formula is C25H29NO4S. The minimum atomic E-state index is -0.565. The topological polar surface area (TPSA) is 72.5 Å². The van der Waals surface area contributed by atoms with E-state index in [9.17, 15) is 14.4 Å². The molecule has 0 saturated carbocycles. The number of fused-ring (bicyclic) bond motifs is 1. The van der Waals surface area contributed by atoms with Gasteiger partial charge in [0.15, 0.2) is 12.4 Å². The molecule has 0 radical (unpaired) electrons. The van der Waals surface area contributed by atoms with Crippen molar-refractivity contribution in [3.63, 3.8) is 0 Å². The Labute approximate surface area is 187 Å². The van der Waals surface area contributed by atoms with Crippen LogP contribution < -0.4 is 5.32 Å². The molecule has 164 valence electrons. The number of hydrogen-bond donors (Lipinski definition) is 1. The number of ether oxygens (including phenoxy) is 1. The minimum absolute atomic E-state index is 0.0293. The molecule has 0 bridgehead atoms. The van der Waals surface area contributed by atoms with Crippen LogP contribution in [0.15, 0.2) is 53.4 Å². The summed E-state index contributed by atoms with van der Waals surface area (Å²) in [6, 6.07) is 15.3. The molecule has 1 aliphatic carbocycles. The SMILES string of the molecule is CC(C)(C)C(=O)COC(=O)c1ccccc1SCC(=O)NC1CCCc2ccccc21. The molecule has 6 heteroatoms.